The van der Waals surface area contributed by atoms with Crippen LogP contribution in [0.2, 0.25) is 0 Å². The molecule has 0 aliphatic carbocycles. The zero-order chi connectivity index (χ0) is 13.7. The number of hydrogen-bond acceptors (Lipinski definition) is 4. The van der Waals surface area contributed by atoms with Crippen LogP contribution in [0.3, 0.4) is 0 Å². The van der Waals surface area contributed by atoms with Crippen LogP contribution in [-0.4, -0.2) is 16.7 Å². The number of amides is 1. The number of aliphatic hydroxyl groups is 1. The predicted octanol–water partition coefficient (Wildman–Crippen LogP) is 1.85. The Kier molecular flexibility index (Phi) is 4.10. The first-order chi connectivity index (χ1) is 9.18. The molecule has 0 bridgehead atoms. The van der Waals surface area contributed by atoms with E-state index in [0.29, 0.717) is 17.0 Å². The lowest BCUT2D eigenvalue weighted by atomic mass is 10.1. The van der Waals surface area contributed by atoms with Crippen molar-refractivity contribution in [1.82, 2.24) is 5.43 Å². The molecule has 1 aromatic carbocycles. The highest BCUT2D eigenvalue weighted by molar-refractivity contribution is 5.97. The van der Waals surface area contributed by atoms with Crippen LogP contribution in [0.5, 0.6) is 0 Å². The first kappa shape index (κ1) is 13.0. The van der Waals surface area contributed by atoms with Crippen LogP contribution in [0.4, 0.5) is 0 Å². The summed E-state index contributed by atoms with van der Waals surface area (Å²) in [4.78, 5) is 11.7. The van der Waals surface area contributed by atoms with E-state index < -0.39 is 12.0 Å². The molecule has 19 heavy (non-hydrogen) atoms. The zero-order valence-corrected chi connectivity index (χ0v) is 10.4. The van der Waals surface area contributed by atoms with Crippen molar-refractivity contribution in [3.8, 4) is 0 Å². The molecular formula is C14H14N2O3. The summed E-state index contributed by atoms with van der Waals surface area (Å²) in [6, 6.07) is 12.1. The molecule has 98 valence electrons. The van der Waals surface area contributed by atoms with E-state index in [-0.39, 0.29) is 0 Å². The van der Waals surface area contributed by atoms with Crippen molar-refractivity contribution in [3.63, 3.8) is 0 Å². The van der Waals surface area contributed by atoms with Gasteiger partial charge in [-0.25, -0.2) is 5.43 Å². The van der Waals surface area contributed by atoms with E-state index in [1.807, 2.05) is 6.07 Å². The van der Waals surface area contributed by atoms with E-state index in [0.717, 1.165) is 0 Å². The molecule has 1 unspecified atom stereocenters. The predicted molar refractivity (Wildman–Crippen MR) is 70.5 cm³/mol. The Balaban J connectivity index is 2.00. The zero-order valence-electron chi connectivity index (χ0n) is 10.4. The lowest BCUT2D eigenvalue weighted by Crippen LogP contribution is -2.26. The van der Waals surface area contributed by atoms with Gasteiger partial charge in [0, 0.05) is 0 Å². The van der Waals surface area contributed by atoms with Crippen LogP contribution in [0, 0.1) is 0 Å². The third kappa shape index (κ3) is 3.29. The molecule has 0 saturated carbocycles. The Morgan fingerprint density at radius 2 is 2.00 bits per heavy atom. The van der Waals surface area contributed by atoms with Crippen molar-refractivity contribution in [2.45, 2.75) is 13.0 Å². The fraction of sp³-hybridized carbons (Fsp3) is 0.143. The van der Waals surface area contributed by atoms with Crippen molar-refractivity contribution >= 4 is 11.6 Å². The molecule has 0 fully saturated rings. The minimum absolute atomic E-state index is 0.519. The summed E-state index contributed by atoms with van der Waals surface area (Å²) in [6.07, 6.45) is 0.281. The first-order valence-corrected chi connectivity index (χ1v) is 5.79. The Bertz CT molecular complexity index is 562. The van der Waals surface area contributed by atoms with E-state index >= 15 is 0 Å². The van der Waals surface area contributed by atoms with Gasteiger partial charge >= 0.3 is 0 Å². The van der Waals surface area contributed by atoms with Gasteiger partial charge in [0.15, 0.2) is 6.10 Å². The molecule has 0 aliphatic rings. The minimum Gasteiger partial charge on any atom is -0.463 e. The Labute approximate surface area is 110 Å². The highest BCUT2D eigenvalue weighted by Gasteiger charge is 2.16. The normalized spacial score (nSPS) is 13.1. The van der Waals surface area contributed by atoms with Gasteiger partial charge in [0.25, 0.3) is 5.91 Å². The van der Waals surface area contributed by atoms with E-state index in [2.05, 4.69) is 10.5 Å². The molecule has 2 aromatic rings. The summed E-state index contributed by atoms with van der Waals surface area (Å²) in [5.41, 5.74) is 3.35. The van der Waals surface area contributed by atoms with Gasteiger partial charge in [0.05, 0.1) is 6.26 Å². The molecule has 2 N–H and O–H groups in total. The summed E-state index contributed by atoms with van der Waals surface area (Å²) in [5.74, 6) is -0.0217. The molecule has 1 amide bonds. The second-order valence-electron chi connectivity index (χ2n) is 3.96. The van der Waals surface area contributed by atoms with Gasteiger partial charge in [-0.3, -0.25) is 4.79 Å². The van der Waals surface area contributed by atoms with Crippen LogP contribution in [0.1, 0.15) is 24.4 Å². The summed E-state index contributed by atoms with van der Waals surface area (Å²) < 4.78 is 5.13. The fourth-order valence-corrected chi connectivity index (χ4v) is 1.53. The molecule has 0 aliphatic heterocycles. The third-order valence-corrected chi connectivity index (χ3v) is 2.58. The first-order valence-electron chi connectivity index (χ1n) is 5.79. The average Bonchev–Trinajstić information content (AvgIpc) is 2.98. The number of hydrogen-bond donors (Lipinski definition) is 2. The number of nitrogens with zero attached hydrogens (tertiary/aromatic N) is 1. The van der Waals surface area contributed by atoms with Crippen LogP contribution in [-0.2, 0) is 4.79 Å². The van der Waals surface area contributed by atoms with Crippen LogP contribution >= 0.6 is 0 Å². The van der Waals surface area contributed by atoms with Gasteiger partial charge in [0.2, 0.25) is 0 Å². The van der Waals surface area contributed by atoms with Gasteiger partial charge in [-0.2, -0.15) is 5.10 Å². The van der Waals surface area contributed by atoms with E-state index in [9.17, 15) is 9.90 Å². The quantitative estimate of drug-likeness (QED) is 0.649. The molecule has 0 spiro atoms. The number of nitrogens with one attached hydrogen (secondary N) is 1. The van der Waals surface area contributed by atoms with Crippen molar-refractivity contribution in [1.29, 1.82) is 0 Å². The molecule has 2 rings (SSSR count). The fourth-order valence-electron chi connectivity index (χ4n) is 1.53. The number of aliphatic hydroxyl groups excluding tert-OH is 1. The molecule has 1 heterocycles. The van der Waals surface area contributed by atoms with Crippen molar-refractivity contribution < 1.29 is 14.3 Å². The van der Waals surface area contributed by atoms with Crippen LogP contribution in [0.25, 0.3) is 0 Å². The van der Waals surface area contributed by atoms with Crippen molar-refractivity contribution in [2.24, 2.45) is 5.10 Å². The number of benzene rings is 1. The van der Waals surface area contributed by atoms with Gasteiger partial charge in [-0.1, -0.05) is 30.3 Å². The summed E-state index contributed by atoms with van der Waals surface area (Å²) in [6.45, 7) is 1.70. The second kappa shape index (κ2) is 5.97. The second-order valence-corrected chi connectivity index (χ2v) is 3.96. The van der Waals surface area contributed by atoms with E-state index in [1.165, 1.54) is 6.26 Å². The molecule has 5 heteroatoms. The Morgan fingerprint density at radius 1 is 1.26 bits per heavy atom. The number of rotatable bonds is 4. The maximum atomic E-state index is 11.7. The molecule has 1 atom stereocenters. The van der Waals surface area contributed by atoms with Crippen molar-refractivity contribution in [3.05, 3.63) is 60.1 Å². The number of hydrazone groups is 1. The lowest BCUT2D eigenvalue weighted by molar-refractivity contribution is -0.129. The monoisotopic (exact) mass is 258 g/mol. The number of carbonyl (C=O) groups excluding carboxylic acids is 1. The smallest absolute Gasteiger partial charge is 0.273 e. The molecule has 5 nitrogen and oxygen atoms in total. The molecular weight excluding hydrogens is 244 g/mol. The van der Waals surface area contributed by atoms with Gasteiger partial charge in [0.1, 0.15) is 11.5 Å². The van der Waals surface area contributed by atoms with Gasteiger partial charge in [-0.15, -0.1) is 0 Å². The van der Waals surface area contributed by atoms with E-state index in [1.54, 1.807) is 43.3 Å². The third-order valence-electron chi connectivity index (χ3n) is 2.58. The Hall–Kier alpha value is -2.40. The number of furan rings is 1. The topological polar surface area (TPSA) is 74.8 Å². The highest BCUT2D eigenvalue weighted by Crippen LogP contribution is 2.11. The molecule has 0 saturated heterocycles. The van der Waals surface area contributed by atoms with Gasteiger partial charge in [-0.05, 0) is 24.6 Å². The average molecular weight is 258 g/mol. The van der Waals surface area contributed by atoms with Gasteiger partial charge < -0.3 is 9.52 Å². The largest absolute Gasteiger partial charge is 0.463 e. The molecule has 1 aromatic heterocycles. The maximum Gasteiger partial charge on any atom is 0.273 e. The molecule has 0 radical (unpaired) electrons. The summed E-state index contributed by atoms with van der Waals surface area (Å²) in [7, 11) is 0. The SMILES string of the molecule is C/C(=N\NC(=O)C(O)c1ccccc1)c1ccco1. The summed E-state index contributed by atoms with van der Waals surface area (Å²) >= 11 is 0. The maximum absolute atomic E-state index is 11.7. The summed E-state index contributed by atoms with van der Waals surface area (Å²) in [5, 5.41) is 13.7. The standard InChI is InChI=1S/C14H14N2O3/c1-10(12-8-5-9-19-12)15-16-14(18)13(17)11-6-3-2-4-7-11/h2-9,13,17H,1H3,(H,16,18)/b15-10+. The van der Waals surface area contributed by atoms with E-state index in [4.69, 9.17) is 4.42 Å². The van der Waals surface area contributed by atoms with Crippen molar-refractivity contribution in [2.75, 3.05) is 0 Å². The highest BCUT2D eigenvalue weighted by atomic mass is 16.3. The van der Waals surface area contributed by atoms with Crippen LogP contribution in [0.15, 0.2) is 58.2 Å². The lowest BCUT2D eigenvalue weighted by Gasteiger charge is -2.08. The van der Waals surface area contributed by atoms with Crippen LogP contribution < -0.4 is 5.43 Å². The number of carbonyl (C=O) groups is 1. The minimum atomic E-state index is -1.24. The Morgan fingerprint density at radius 3 is 2.63 bits per heavy atom.